The molecule has 2 aromatic carbocycles. The van der Waals surface area contributed by atoms with Gasteiger partial charge < -0.3 is 15.3 Å². The number of likely N-dealkylation sites (N-methyl/N-ethyl adjacent to an activating group) is 2. The third-order valence-electron chi connectivity index (χ3n) is 5.47. The van der Waals surface area contributed by atoms with Crippen molar-refractivity contribution in [2.75, 3.05) is 20.7 Å². The summed E-state index contributed by atoms with van der Waals surface area (Å²) < 4.78 is 0. The summed E-state index contributed by atoms with van der Waals surface area (Å²) >= 11 is 0. The smallest absolute Gasteiger partial charge is 0.254 e. The average molecular weight is 439 g/mol. The van der Waals surface area contributed by atoms with Crippen molar-refractivity contribution >= 4 is 17.6 Å². The zero-order valence-electron chi connectivity index (χ0n) is 19.6. The SMILES string of the molecule is CNC(=O)C(C(=O)CO)N(C)C(=O)c1ccc(-c2ccc(CCCC(C)(C)C)cc2)cc1. The molecule has 0 saturated heterocycles. The van der Waals surface area contributed by atoms with Gasteiger partial charge in [-0.15, -0.1) is 0 Å². The Morgan fingerprint density at radius 1 is 0.969 bits per heavy atom. The highest BCUT2D eigenvalue weighted by atomic mass is 16.3. The molecule has 2 aromatic rings. The molecule has 0 aliphatic carbocycles. The lowest BCUT2D eigenvalue weighted by molar-refractivity contribution is -0.135. The van der Waals surface area contributed by atoms with E-state index in [1.54, 1.807) is 12.1 Å². The number of carbonyl (C=O) groups excluding carboxylic acids is 3. The molecule has 6 heteroatoms. The van der Waals surface area contributed by atoms with Gasteiger partial charge in [0.05, 0.1) is 0 Å². The van der Waals surface area contributed by atoms with Crippen molar-refractivity contribution in [3.05, 3.63) is 59.7 Å². The Balaban J connectivity index is 2.09. The molecule has 0 aromatic heterocycles. The molecule has 0 radical (unpaired) electrons. The Hall–Kier alpha value is -2.99. The van der Waals surface area contributed by atoms with Crippen molar-refractivity contribution in [3.8, 4) is 11.1 Å². The number of benzene rings is 2. The fraction of sp³-hybridized carbons (Fsp3) is 0.423. The molecule has 0 heterocycles. The zero-order chi connectivity index (χ0) is 23.9. The van der Waals surface area contributed by atoms with E-state index in [1.165, 1.54) is 26.1 Å². The van der Waals surface area contributed by atoms with Crippen LogP contribution in [0.3, 0.4) is 0 Å². The minimum absolute atomic E-state index is 0.346. The maximum Gasteiger partial charge on any atom is 0.254 e. The quantitative estimate of drug-likeness (QED) is 0.587. The number of nitrogens with zero attached hydrogens (tertiary/aromatic N) is 1. The minimum Gasteiger partial charge on any atom is -0.388 e. The number of rotatable bonds is 9. The molecule has 0 fully saturated rings. The Morgan fingerprint density at radius 2 is 1.50 bits per heavy atom. The molecule has 0 aliphatic rings. The summed E-state index contributed by atoms with van der Waals surface area (Å²) in [7, 11) is 2.76. The van der Waals surface area contributed by atoms with Crippen molar-refractivity contribution < 1.29 is 19.5 Å². The van der Waals surface area contributed by atoms with Gasteiger partial charge in [0, 0.05) is 19.7 Å². The summed E-state index contributed by atoms with van der Waals surface area (Å²) in [4.78, 5) is 37.9. The molecule has 1 unspecified atom stereocenters. The summed E-state index contributed by atoms with van der Waals surface area (Å²) in [6, 6.07) is 14.1. The summed E-state index contributed by atoms with van der Waals surface area (Å²) in [5, 5.41) is 11.5. The molecule has 0 bridgehead atoms. The highest BCUT2D eigenvalue weighted by Crippen LogP contribution is 2.24. The zero-order valence-corrected chi connectivity index (χ0v) is 19.6. The minimum atomic E-state index is -1.37. The van der Waals surface area contributed by atoms with Crippen molar-refractivity contribution in [2.45, 2.75) is 46.1 Å². The number of carbonyl (C=O) groups is 3. The molecule has 0 saturated carbocycles. The Bertz CT molecular complexity index is 912. The summed E-state index contributed by atoms with van der Waals surface area (Å²) in [6.07, 6.45) is 3.39. The Morgan fingerprint density at radius 3 is 1.97 bits per heavy atom. The van der Waals surface area contributed by atoms with Crippen LogP contribution in [0, 0.1) is 5.41 Å². The van der Waals surface area contributed by atoms with Crippen LogP contribution in [-0.4, -0.2) is 54.3 Å². The standard InChI is InChI=1S/C26H34N2O4/c1-26(2,3)16-6-7-18-8-10-19(11-9-18)20-12-14-21(15-13-20)25(32)28(5)23(22(30)17-29)24(31)27-4/h8-15,23,29H,6-7,16-17H2,1-5H3,(H,27,31). The number of amides is 2. The molecule has 2 amide bonds. The van der Waals surface area contributed by atoms with E-state index in [9.17, 15) is 14.4 Å². The van der Waals surface area contributed by atoms with Crippen LogP contribution in [0.2, 0.25) is 0 Å². The van der Waals surface area contributed by atoms with Crippen LogP contribution in [0.1, 0.15) is 49.5 Å². The topological polar surface area (TPSA) is 86.7 Å². The lowest BCUT2D eigenvalue weighted by atomic mass is 9.89. The molecular formula is C26H34N2O4. The van der Waals surface area contributed by atoms with E-state index in [-0.39, 0.29) is 0 Å². The van der Waals surface area contributed by atoms with Gasteiger partial charge in [-0.1, -0.05) is 57.2 Å². The van der Waals surface area contributed by atoms with E-state index in [0.29, 0.717) is 11.0 Å². The number of nitrogens with one attached hydrogen (secondary N) is 1. The van der Waals surface area contributed by atoms with Gasteiger partial charge in [-0.2, -0.15) is 0 Å². The molecule has 32 heavy (non-hydrogen) atoms. The number of aliphatic hydroxyl groups is 1. The van der Waals surface area contributed by atoms with Crippen LogP contribution in [-0.2, 0) is 16.0 Å². The van der Waals surface area contributed by atoms with Crippen LogP contribution in [0.15, 0.2) is 48.5 Å². The average Bonchev–Trinajstić information content (AvgIpc) is 2.78. The molecule has 2 N–H and O–H groups in total. The largest absolute Gasteiger partial charge is 0.388 e. The first-order valence-corrected chi connectivity index (χ1v) is 10.9. The fourth-order valence-corrected chi connectivity index (χ4v) is 3.57. The molecule has 0 aliphatic heterocycles. The third kappa shape index (κ3) is 6.76. The first-order valence-electron chi connectivity index (χ1n) is 10.9. The van der Waals surface area contributed by atoms with Gasteiger partial charge in [-0.3, -0.25) is 14.4 Å². The van der Waals surface area contributed by atoms with Gasteiger partial charge in [0.15, 0.2) is 11.8 Å². The number of ketones is 1. The maximum atomic E-state index is 12.8. The number of aryl methyl sites for hydroxylation is 1. The van der Waals surface area contributed by atoms with E-state index in [2.05, 4.69) is 50.4 Å². The monoisotopic (exact) mass is 438 g/mol. The summed E-state index contributed by atoms with van der Waals surface area (Å²) in [5.41, 5.74) is 4.03. The summed E-state index contributed by atoms with van der Waals surface area (Å²) in [6.45, 7) is 5.95. The predicted molar refractivity (Wildman–Crippen MR) is 126 cm³/mol. The summed E-state index contributed by atoms with van der Waals surface area (Å²) in [5.74, 6) is -1.85. The van der Waals surface area contributed by atoms with Crippen LogP contribution < -0.4 is 5.32 Å². The van der Waals surface area contributed by atoms with E-state index in [4.69, 9.17) is 5.11 Å². The van der Waals surface area contributed by atoms with Crippen molar-refractivity contribution in [1.82, 2.24) is 10.2 Å². The molecule has 2 rings (SSSR count). The van der Waals surface area contributed by atoms with E-state index < -0.39 is 30.2 Å². The van der Waals surface area contributed by atoms with Crippen molar-refractivity contribution in [3.63, 3.8) is 0 Å². The van der Waals surface area contributed by atoms with Gasteiger partial charge in [0.25, 0.3) is 5.91 Å². The van der Waals surface area contributed by atoms with Crippen LogP contribution in [0.4, 0.5) is 0 Å². The van der Waals surface area contributed by atoms with E-state index >= 15 is 0 Å². The molecule has 172 valence electrons. The van der Waals surface area contributed by atoms with Gasteiger partial charge in [-0.25, -0.2) is 0 Å². The Kier molecular flexibility index (Phi) is 8.72. The highest BCUT2D eigenvalue weighted by molar-refractivity contribution is 6.10. The highest BCUT2D eigenvalue weighted by Gasteiger charge is 2.32. The fourth-order valence-electron chi connectivity index (χ4n) is 3.57. The number of hydrogen-bond acceptors (Lipinski definition) is 4. The second-order valence-corrected chi connectivity index (χ2v) is 9.25. The first kappa shape index (κ1) is 25.3. The molecular weight excluding hydrogens is 404 g/mol. The first-order chi connectivity index (χ1) is 15.1. The third-order valence-corrected chi connectivity index (χ3v) is 5.47. The normalized spacial score (nSPS) is 12.2. The lowest BCUT2D eigenvalue weighted by Crippen LogP contribution is -2.52. The molecule has 1 atom stereocenters. The Labute approximate surface area is 190 Å². The predicted octanol–water partition coefficient (Wildman–Crippen LogP) is 3.47. The second-order valence-electron chi connectivity index (χ2n) is 9.25. The number of Topliss-reactive ketones (excluding diaryl/α,β-unsaturated/α-hetero) is 1. The van der Waals surface area contributed by atoms with Crippen LogP contribution in [0.25, 0.3) is 11.1 Å². The maximum absolute atomic E-state index is 12.8. The van der Waals surface area contributed by atoms with Crippen molar-refractivity contribution in [1.29, 1.82) is 0 Å². The van der Waals surface area contributed by atoms with Gasteiger partial charge in [-0.05, 0) is 53.5 Å². The van der Waals surface area contributed by atoms with Crippen LogP contribution >= 0.6 is 0 Å². The van der Waals surface area contributed by atoms with E-state index in [0.717, 1.165) is 28.9 Å². The van der Waals surface area contributed by atoms with Gasteiger partial charge in [0.2, 0.25) is 5.91 Å². The van der Waals surface area contributed by atoms with Gasteiger partial charge in [0.1, 0.15) is 6.61 Å². The molecule has 0 spiro atoms. The van der Waals surface area contributed by atoms with Crippen LogP contribution in [0.5, 0.6) is 0 Å². The second kappa shape index (κ2) is 11.0. The van der Waals surface area contributed by atoms with E-state index in [1.807, 2.05) is 12.1 Å². The van der Waals surface area contributed by atoms with Crippen molar-refractivity contribution in [2.24, 2.45) is 5.41 Å². The molecule has 6 nitrogen and oxygen atoms in total. The number of aliphatic hydroxyl groups excluding tert-OH is 1. The number of hydrogen-bond donors (Lipinski definition) is 2. The van der Waals surface area contributed by atoms with Gasteiger partial charge >= 0.3 is 0 Å². The lowest BCUT2D eigenvalue weighted by Gasteiger charge is -2.25.